The Morgan fingerprint density at radius 2 is 1.88 bits per heavy atom. The molecule has 2 heteroatoms. The second-order valence-corrected chi connectivity index (χ2v) is 5.32. The highest BCUT2D eigenvalue weighted by Gasteiger charge is 2.24. The Kier molecular flexibility index (Phi) is 7.06. The lowest BCUT2D eigenvalue weighted by Gasteiger charge is -2.32. The van der Waals surface area contributed by atoms with Crippen molar-refractivity contribution in [3.8, 4) is 0 Å². The van der Waals surface area contributed by atoms with Gasteiger partial charge in [-0.1, -0.05) is 26.7 Å². The third-order valence-corrected chi connectivity index (χ3v) is 3.92. The van der Waals surface area contributed by atoms with E-state index in [1.54, 1.807) is 0 Å². The van der Waals surface area contributed by atoms with Crippen molar-refractivity contribution in [2.75, 3.05) is 20.3 Å². The number of rotatable bonds is 7. The molecule has 1 fully saturated rings. The van der Waals surface area contributed by atoms with Crippen LogP contribution >= 0.6 is 0 Å². The molecule has 0 aromatic carbocycles. The average molecular weight is 227 g/mol. The average Bonchev–Trinajstić information content (AvgIpc) is 2.31. The summed E-state index contributed by atoms with van der Waals surface area (Å²) in [5, 5.41) is 3.48. The van der Waals surface area contributed by atoms with Gasteiger partial charge in [-0.15, -0.1) is 0 Å². The quantitative estimate of drug-likeness (QED) is 0.674. The fourth-order valence-electron chi connectivity index (χ4n) is 2.76. The summed E-state index contributed by atoms with van der Waals surface area (Å²) in [7, 11) is 2.10. The molecule has 0 radical (unpaired) electrons. The van der Waals surface area contributed by atoms with Crippen molar-refractivity contribution >= 4 is 0 Å². The third kappa shape index (κ3) is 4.84. The molecule has 2 nitrogen and oxygen atoms in total. The fraction of sp³-hybridized carbons (Fsp3) is 1.00. The van der Waals surface area contributed by atoms with Gasteiger partial charge in [0.1, 0.15) is 0 Å². The highest BCUT2D eigenvalue weighted by atomic mass is 16.5. The molecule has 1 unspecified atom stereocenters. The first-order valence-corrected chi connectivity index (χ1v) is 7.03. The molecule has 1 atom stereocenters. The smallest absolute Gasteiger partial charge is 0.0480 e. The van der Waals surface area contributed by atoms with Gasteiger partial charge < -0.3 is 10.1 Å². The van der Waals surface area contributed by atoms with Crippen molar-refractivity contribution < 1.29 is 4.74 Å². The zero-order chi connectivity index (χ0) is 11.8. The van der Waals surface area contributed by atoms with Gasteiger partial charge >= 0.3 is 0 Å². The minimum absolute atomic E-state index is 0.671. The molecule has 0 aromatic heterocycles. The standard InChI is InChI=1S/C14H29NO/c1-4-10-16-11-9-14(15-3)13-7-5-12(2)6-8-13/h12-15H,4-11H2,1-3H3. The second-order valence-electron chi connectivity index (χ2n) is 5.32. The molecular weight excluding hydrogens is 198 g/mol. The van der Waals surface area contributed by atoms with Gasteiger partial charge in [0.05, 0.1) is 0 Å². The van der Waals surface area contributed by atoms with Gasteiger partial charge in [-0.25, -0.2) is 0 Å². The molecule has 1 aliphatic carbocycles. The maximum Gasteiger partial charge on any atom is 0.0480 e. The predicted octanol–water partition coefficient (Wildman–Crippen LogP) is 3.22. The molecule has 0 bridgehead atoms. The lowest BCUT2D eigenvalue weighted by molar-refractivity contribution is 0.112. The van der Waals surface area contributed by atoms with Gasteiger partial charge in [-0.2, -0.15) is 0 Å². The third-order valence-electron chi connectivity index (χ3n) is 3.92. The van der Waals surface area contributed by atoms with E-state index in [2.05, 4.69) is 26.2 Å². The van der Waals surface area contributed by atoms with Crippen LogP contribution in [0.1, 0.15) is 52.4 Å². The van der Waals surface area contributed by atoms with Crippen LogP contribution in [0.5, 0.6) is 0 Å². The van der Waals surface area contributed by atoms with Crippen molar-refractivity contribution in [1.82, 2.24) is 5.32 Å². The van der Waals surface area contributed by atoms with E-state index in [4.69, 9.17) is 4.74 Å². The number of nitrogens with one attached hydrogen (secondary N) is 1. The Hall–Kier alpha value is -0.0800. The lowest BCUT2D eigenvalue weighted by Crippen LogP contribution is -2.36. The van der Waals surface area contributed by atoms with E-state index in [9.17, 15) is 0 Å². The minimum atomic E-state index is 0.671. The van der Waals surface area contributed by atoms with E-state index in [1.165, 1.54) is 32.1 Å². The summed E-state index contributed by atoms with van der Waals surface area (Å²) in [6, 6.07) is 0.671. The van der Waals surface area contributed by atoms with E-state index in [1.807, 2.05) is 0 Å². The first kappa shape index (κ1) is 14.0. The van der Waals surface area contributed by atoms with Crippen molar-refractivity contribution in [2.45, 2.75) is 58.4 Å². The van der Waals surface area contributed by atoms with Crippen LogP contribution in [-0.4, -0.2) is 26.3 Å². The van der Waals surface area contributed by atoms with Crippen molar-refractivity contribution in [2.24, 2.45) is 11.8 Å². The molecule has 0 amide bonds. The summed E-state index contributed by atoms with van der Waals surface area (Å²) in [6.45, 7) is 6.39. The molecule has 0 saturated heterocycles. The summed E-state index contributed by atoms with van der Waals surface area (Å²) in [6.07, 6.45) is 7.94. The van der Waals surface area contributed by atoms with Crippen LogP contribution in [0.15, 0.2) is 0 Å². The number of ether oxygens (including phenoxy) is 1. The zero-order valence-corrected chi connectivity index (χ0v) is 11.3. The Balaban J connectivity index is 2.19. The van der Waals surface area contributed by atoms with Crippen molar-refractivity contribution in [1.29, 1.82) is 0 Å². The molecule has 16 heavy (non-hydrogen) atoms. The lowest BCUT2D eigenvalue weighted by atomic mass is 9.78. The maximum absolute atomic E-state index is 5.59. The SMILES string of the molecule is CCCOCCC(NC)C1CCC(C)CC1. The molecule has 0 aromatic rings. The van der Waals surface area contributed by atoms with E-state index in [-0.39, 0.29) is 0 Å². The molecule has 1 rings (SSSR count). The van der Waals surface area contributed by atoms with Gasteiger partial charge in [-0.3, -0.25) is 0 Å². The van der Waals surface area contributed by atoms with Crippen molar-refractivity contribution in [3.63, 3.8) is 0 Å². The van der Waals surface area contributed by atoms with E-state index >= 15 is 0 Å². The van der Waals surface area contributed by atoms with Gasteiger partial charge in [-0.05, 0) is 44.6 Å². The van der Waals surface area contributed by atoms with Crippen molar-refractivity contribution in [3.05, 3.63) is 0 Å². The highest BCUT2D eigenvalue weighted by molar-refractivity contribution is 4.80. The van der Waals surface area contributed by atoms with Crippen LogP contribution in [0.3, 0.4) is 0 Å². The predicted molar refractivity (Wildman–Crippen MR) is 69.7 cm³/mol. The van der Waals surface area contributed by atoms with Crippen LogP contribution in [0, 0.1) is 11.8 Å². The maximum atomic E-state index is 5.59. The highest BCUT2D eigenvalue weighted by Crippen LogP contribution is 2.31. The fourth-order valence-corrected chi connectivity index (χ4v) is 2.76. The van der Waals surface area contributed by atoms with E-state index in [0.29, 0.717) is 6.04 Å². The monoisotopic (exact) mass is 227 g/mol. The van der Waals surface area contributed by atoms with Crippen LogP contribution in [0.4, 0.5) is 0 Å². The van der Waals surface area contributed by atoms with Crippen LogP contribution in [0.25, 0.3) is 0 Å². The van der Waals surface area contributed by atoms with Gasteiger partial charge in [0.25, 0.3) is 0 Å². The molecule has 1 aliphatic rings. The Bertz CT molecular complexity index is 164. The normalized spacial score (nSPS) is 27.9. The van der Waals surface area contributed by atoms with Crippen LogP contribution in [-0.2, 0) is 4.74 Å². The Morgan fingerprint density at radius 3 is 2.44 bits per heavy atom. The molecular formula is C14H29NO. The minimum Gasteiger partial charge on any atom is -0.381 e. The van der Waals surface area contributed by atoms with E-state index < -0.39 is 0 Å². The molecule has 1 saturated carbocycles. The zero-order valence-electron chi connectivity index (χ0n) is 11.3. The first-order chi connectivity index (χ1) is 7.77. The summed E-state index contributed by atoms with van der Waals surface area (Å²) in [5.41, 5.74) is 0. The Morgan fingerprint density at radius 1 is 1.19 bits per heavy atom. The molecule has 1 N–H and O–H groups in total. The number of hydrogen-bond acceptors (Lipinski definition) is 2. The first-order valence-electron chi connectivity index (χ1n) is 7.03. The summed E-state index contributed by atoms with van der Waals surface area (Å²) >= 11 is 0. The molecule has 96 valence electrons. The molecule has 0 heterocycles. The van der Waals surface area contributed by atoms with Gasteiger partial charge in [0.2, 0.25) is 0 Å². The van der Waals surface area contributed by atoms with Gasteiger partial charge in [0.15, 0.2) is 0 Å². The summed E-state index contributed by atoms with van der Waals surface area (Å²) < 4.78 is 5.59. The molecule has 0 aliphatic heterocycles. The summed E-state index contributed by atoms with van der Waals surface area (Å²) in [4.78, 5) is 0. The largest absolute Gasteiger partial charge is 0.381 e. The number of hydrogen-bond donors (Lipinski definition) is 1. The van der Waals surface area contributed by atoms with E-state index in [0.717, 1.165) is 31.5 Å². The van der Waals surface area contributed by atoms with Crippen LogP contribution < -0.4 is 5.32 Å². The topological polar surface area (TPSA) is 21.3 Å². The summed E-state index contributed by atoms with van der Waals surface area (Å²) in [5.74, 6) is 1.83. The molecule has 0 spiro atoms. The van der Waals surface area contributed by atoms with Gasteiger partial charge in [0, 0.05) is 19.3 Å². The van der Waals surface area contributed by atoms with Crippen LogP contribution in [0.2, 0.25) is 0 Å². The second kappa shape index (κ2) is 8.08. The Labute approximate surface area is 101 Å².